The summed E-state index contributed by atoms with van der Waals surface area (Å²) in [4.78, 5) is 7.48. The van der Waals surface area contributed by atoms with Crippen molar-refractivity contribution in [2.24, 2.45) is 5.92 Å². The lowest BCUT2D eigenvalue weighted by molar-refractivity contribution is 0.318. The zero-order valence-corrected chi connectivity index (χ0v) is 10.3. The van der Waals surface area contributed by atoms with Crippen LogP contribution in [0.4, 0.5) is 10.2 Å². The summed E-state index contributed by atoms with van der Waals surface area (Å²) in [5, 5.41) is 3.29. The molecule has 0 saturated heterocycles. The van der Waals surface area contributed by atoms with Gasteiger partial charge in [-0.15, -0.1) is 0 Å². The van der Waals surface area contributed by atoms with Crippen molar-refractivity contribution in [3.8, 4) is 0 Å². The SMILES string of the molecule is CCCC1CCC(Nc2cc(F)ncn2)CC1. The average Bonchev–Trinajstić information content (AvgIpc) is 2.32. The van der Waals surface area contributed by atoms with Crippen LogP contribution in [0.1, 0.15) is 45.4 Å². The van der Waals surface area contributed by atoms with Gasteiger partial charge in [-0.1, -0.05) is 19.8 Å². The molecule has 0 radical (unpaired) electrons. The fourth-order valence-electron chi connectivity index (χ4n) is 2.63. The maximum atomic E-state index is 12.9. The van der Waals surface area contributed by atoms with Crippen molar-refractivity contribution in [1.29, 1.82) is 0 Å². The molecule has 1 aliphatic rings. The summed E-state index contributed by atoms with van der Waals surface area (Å²) in [6.07, 6.45) is 8.76. The van der Waals surface area contributed by atoms with Gasteiger partial charge in [0.15, 0.2) is 0 Å². The first-order valence-electron chi connectivity index (χ1n) is 6.52. The standard InChI is InChI=1S/C13H20FN3/c1-2-3-10-4-6-11(7-5-10)17-13-8-12(14)15-9-16-13/h8-11H,2-7H2,1H3,(H,15,16,17). The molecule has 0 amide bonds. The Morgan fingerprint density at radius 1 is 1.29 bits per heavy atom. The van der Waals surface area contributed by atoms with E-state index in [-0.39, 0.29) is 0 Å². The average molecular weight is 237 g/mol. The highest BCUT2D eigenvalue weighted by Crippen LogP contribution is 2.29. The Labute approximate surface area is 102 Å². The zero-order valence-electron chi connectivity index (χ0n) is 10.3. The lowest BCUT2D eigenvalue weighted by Crippen LogP contribution is -2.26. The lowest BCUT2D eigenvalue weighted by atomic mass is 9.83. The van der Waals surface area contributed by atoms with Gasteiger partial charge in [0, 0.05) is 12.1 Å². The third kappa shape index (κ3) is 3.65. The molecule has 1 aliphatic carbocycles. The Balaban J connectivity index is 1.82. The quantitative estimate of drug-likeness (QED) is 0.816. The normalized spacial score (nSPS) is 24.6. The summed E-state index contributed by atoms with van der Waals surface area (Å²) in [5.41, 5.74) is 0. The number of nitrogens with zero attached hydrogens (tertiary/aromatic N) is 2. The molecule has 0 unspecified atom stereocenters. The van der Waals surface area contributed by atoms with Gasteiger partial charge in [0.1, 0.15) is 12.1 Å². The molecule has 1 heterocycles. The summed E-state index contributed by atoms with van der Waals surface area (Å²) in [5.74, 6) is 1.03. The van der Waals surface area contributed by atoms with Crippen molar-refractivity contribution in [2.45, 2.75) is 51.5 Å². The monoisotopic (exact) mass is 237 g/mol. The fourth-order valence-corrected chi connectivity index (χ4v) is 2.63. The molecular formula is C13H20FN3. The number of aromatic nitrogens is 2. The highest BCUT2D eigenvalue weighted by atomic mass is 19.1. The lowest BCUT2D eigenvalue weighted by Gasteiger charge is -2.29. The highest BCUT2D eigenvalue weighted by Gasteiger charge is 2.20. The summed E-state index contributed by atoms with van der Waals surface area (Å²) in [6, 6.07) is 1.80. The van der Waals surface area contributed by atoms with Crippen LogP contribution in [0.3, 0.4) is 0 Å². The van der Waals surface area contributed by atoms with Crippen molar-refractivity contribution < 1.29 is 4.39 Å². The predicted octanol–water partition coefficient (Wildman–Crippen LogP) is 3.39. The van der Waals surface area contributed by atoms with Crippen LogP contribution >= 0.6 is 0 Å². The van der Waals surface area contributed by atoms with E-state index >= 15 is 0 Å². The topological polar surface area (TPSA) is 37.8 Å². The van der Waals surface area contributed by atoms with E-state index in [0.29, 0.717) is 11.9 Å². The van der Waals surface area contributed by atoms with Crippen LogP contribution < -0.4 is 5.32 Å². The second-order valence-corrected chi connectivity index (χ2v) is 4.88. The molecule has 1 aromatic rings. The third-order valence-corrected chi connectivity index (χ3v) is 3.53. The molecule has 2 rings (SSSR count). The molecule has 4 heteroatoms. The molecule has 0 aliphatic heterocycles. The predicted molar refractivity (Wildman–Crippen MR) is 66.3 cm³/mol. The van der Waals surface area contributed by atoms with E-state index in [1.807, 2.05) is 0 Å². The minimum Gasteiger partial charge on any atom is -0.367 e. The van der Waals surface area contributed by atoms with Gasteiger partial charge < -0.3 is 5.32 Å². The van der Waals surface area contributed by atoms with E-state index in [0.717, 1.165) is 18.8 Å². The number of hydrogen-bond donors (Lipinski definition) is 1. The first kappa shape index (κ1) is 12.3. The maximum Gasteiger partial charge on any atom is 0.217 e. The first-order valence-corrected chi connectivity index (χ1v) is 6.52. The number of anilines is 1. The Bertz CT molecular complexity index is 348. The van der Waals surface area contributed by atoms with E-state index in [1.54, 1.807) is 0 Å². The largest absolute Gasteiger partial charge is 0.367 e. The Kier molecular flexibility index (Phi) is 4.29. The molecule has 0 aromatic carbocycles. The number of rotatable bonds is 4. The molecular weight excluding hydrogens is 217 g/mol. The van der Waals surface area contributed by atoms with E-state index in [9.17, 15) is 4.39 Å². The summed E-state index contributed by atoms with van der Waals surface area (Å²) in [7, 11) is 0. The van der Waals surface area contributed by atoms with E-state index < -0.39 is 5.95 Å². The van der Waals surface area contributed by atoms with E-state index in [2.05, 4.69) is 22.2 Å². The van der Waals surface area contributed by atoms with Crippen LogP contribution in [-0.4, -0.2) is 16.0 Å². The first-order chi connectivity index (χ1) is 8.28. The molecule has 0 bridgehead atoms. The van der Waals surface area contributed by atoms with Crippen molar-refractivity contribution >= 4 is 5.82 Å². The van der Waals surface area contributed by atoms with Gasteiger partial charge in [-0.3, -0.25) is 0 Å². The Morgan fingerprint density at radius 2 is 2.06 bits per heavy atom. The molecule has 1 N–H and O–H groups in total. The molecule has 0 spiro atoms. The molecule has 1 fully saturated rings. The van der Waals surface area contributed by atoms with Gasteiger partial charge in [0.05, 0.1) is 0 Å². The summed E-state index contributed by atoms with van der Waals surface area (Å²) < 4.78 is 12.9. The van der Waals surface area contributed by atoms with E-state index in [4.69, 9.17) is 0 Å². The van der Waals surface area contributed by atoms with Gasteiger partial charge in [0.2, 0.25) is 5.95 Å². The minimum atomic E-state index is -0.470. The van der Waals surface area contributed by atoms with Crippen LogP contribution in [0.2, 0.25) is 0 Å². The van der Waals surface area contributed by atoms with E-state index in [1.165, 1.54) is 38.1 Å². The molecule has 1 saturated carbocycles. The van der Waals surface area contributed by atoms with Gasteiger partial charge >= 0.3 is 0 Å². The van der Waals surface area contributed by atoms with Gasteiger partial charge in [-0.05, 0) is 31.6 Å². The molecule has 17 heavy (non-hydrogen) atoms. The number of nitrogens with one attached hydrogen (secondary N) is 1. The smallest absolute Gasteiger partial charge is 0.217 e. The summed E-state index contributed by atoms with van der Waals surface area (Å²) >= 11 is 0. The number of halogens is 1. The highest BCUT2D eigenvalue weighted by molar-refractivity contribution is 5.33. The van der Waals surface area contributed by atoms with Crippen LogP contribution in [-0.2, 0) is 0 Å². The van der Waals surface area contributed by atoms with Crippen LogP contribution in [0.25, 0.3) is 0 Å². The van der Waals surface area contributed by atoms with Crippen molar-refractivity contribution in [3.63, 3.8) is 0 Å². The second kappa shape index (κ2) is 5.94. The van der Waals surface area contributed by atoms with Crippen LogP contribution in [0.15, 0.2) is 12.4 Å². The van der Waals surface area contributed by atoms with Crippen molar-refractivity contribution in [1.82, 2.24) is 9.97 Å². The zero-order chi connectivity index (χ0) is 12.1. The van der Waals surface area contributed by atoms with Gasteiger partial charge in [0.25, 0.3) is 0 Å². The summed E-state index contributed by atoms with van der Waals surface area (Å²) in [6.45, 7) is 2.24. The minimum absolute atomic E-state index is 0.442. The second-order valence-electron chi connectivity index (χ2n) is 4.88. The Morgan fingerprint density at radius 3 is 2.71 bits per heavy atom. The van der Waals surface area contributed by atoms with Gasteiger partial charge in [-0.25, -0.2) is 9.97 Å². The van der Waals surface area contributed by atoms with Crippen molar-refractivity contribution in [3.05, 3.63) is 18.3 Å². The molecule has 0 atom stereocenters. The fraction of sp³-hybridized carbons (Fsp3) is 0.692. The molecule has 1 aromatic heterocycles. The number of hydrogen-bond acceptors (Lipinski definition) is 3. The molecule has 3 nitrogen and oxygen atoms in total. The third-order valence-electron chi connectivity index (χ3n) is 3.53. The van der Waals surface area contributed by atoms with Gasteiger partial charge in [-0.2, -0.15) is 4.39 Å². The van der Waals surface area contributed by atoms with Crippen LogP contribution in [0.5, 0.6) is 0 Å². The Hall–Kier alpha value is -1.19. The molecule has 94 valence electrons. The maximum absolute atomic E-state index is 12.9. The van der Waals surface area contributed by atoms with Crippen LogP contribution in [0, 0.1) is 11.9 Å². The van der Waals surface area contributed by atoms with Crippen molar-refractivity contribution in [2.75, 3.05) is 5.32 Å².